The van der Waals surface area contributed by atoms with Gasteiger partial charge in [-0.15, -0.1) is 0 Å². The van der Waals surface area contributed by atoms with Crippen LogP contribution in [0.2, 0.25) is 0 Å². The predicted octanol–water partition coefficient (Wildman–Crippen LogP) is 3.64. The number of aromatic amines is 1. The molecule has 2 rings (SSSR count). The molecule has 0 amide bonds. The van der Waals surface area contributed by atoms with Crippen LogP contribution in [0.1, 0.15) is 26.5 Å². The molecule has 0 atom stereocenters. The highest BCUT2D eigenvalue weighted by molar-refractivity contribution is 5.27. The molecule has 0 radical (unpaired) electrons. The van der Waals surface area contributed by atoms with Gasteiger partial charge in [0, 0.05) is 11.6 Å². The van der Waals surface area contributed by atoms with Crippen molar-refractivity contribution in [1.29, 1.82) is 0 Å². The molecule has 3 nitrogen and oxygen atoms in total. The van der Waals surface area contributed by atoms with Gasteiger partial charge in [-0.05, 0) is 12.1 Å². The van der Waals surface area contributed by atoms with Crippen molar-refractivity contribution in [2.45, 2.75) is 26.2 Å². The normalized spacial score (nSPS) is 11.5. The van der Waals surface area contributed by atoms with Crippen LogP contribution in [0.25, 0.3) is 0 Å². The number of hydrogen-bond acceptors (Lipinski definition) is 2. The van der Waals surface area contributed by atoms with Gasteiger partial charge in [-0.2, -0.15) is 4.98 Å². The first-order chi connectivity index (χ1) is 7.97. The molecule has 0 aliphatic heterocycles. The highest BCUT2D eigenvalue weighted by Crippen LogP contribution is 2.25. The third-order valence-electron chi connectivity index (χ3n) is 2.37. The van der Waals surface area contributed by atoms with E-state index in [0.29, 0.717) is 6.01 Å². The number of nitrogens with one attached hydrogen (secondary N) is 1. The molecule has 0 spiro atoms. The van der Waals surface area contributed by atoms with Crippen LogP contribution < -0.4 is 4.74 Å². The lowest BCUT2D eigenvalue weighted by Crippen LogP contribution is -2.11. The summed E-state index contributed by atoms with van der Waals surface area (Å²) in [5, 5.41) is 0. The van der Waals surface area contributed by atoms with Crippen LogP contribution in [0.3, 0.4) is 0 Å². The lowest BCUT2D eigenvalue weighted by Gasteiger charge is -2.13. The van der Waals surface area contributed by atoms with Crippen LogP contribution in [-0.4, -0.2) is 9.97 Å². The third kappa shape index (κ3) is 2.64. The fourth-order valence-corrected chi connectivity index (χ4v) is 1.37. The van der Waals surface area contributed by atoms with E-state index < -0.39 is 5.82 Å². The molecule has 2 aromatic rings. The molecule has 1 aromatic carbocycles. The average molecular weight is 234 g/mol. The molecule has 0 aliphatic rings. The summed E-state index contributed by atoms with van der Waals surface area (Å²) in [6.07, 6.45) is 1.77. The Morgan fingerprint density at radius 1 is 1.24 bits per heavy atom. The summed E-state index contributed by atoms with van der Waals surface area (Å²) in [6.45, 7) is 6.15. The van der Waals surface area contributed by atoms with Gasteiger partial charge >= 0.3 is 0 Å². The van der Waals surface area contributed by atoms with E-state index in [1.165, 1.54) is 6.07 Å². The molecule has 1 heterocycles. The molecule has 4 heteroatoms. The SMILES string of the molecule is CC(C)(C)c1c[nH]c(Oc2ccccc2F)n1. The van der Waals surface area contributed by atoms with Crippen molar-refractivity contribution in [1.82, 2.24) is 9.97 Å². The van der Waals surface area contributed by atoms with Gasteiger partial charge in [0.05, 0.1) is 5.69 Å². The first-order valence-electron chi connectivity index (χ1n) is 5.45. The molecule has 17 heavy (non-hydrogen) atoms. The standard InChI is InChI=1S/C13H15FN2O/c1-13(2,3)11-8-15-12(16-11)17-10-7-5-4-6-9(10)14/h4-8H,1-3H3,(H,15,16). The van der Waals surface area contributed by atoms with E-state index in [-0.39, 0.29) is 11.2 Å². The molecule has 1 aromatic heterocycles. The zero-order chi connectivity index (χ0) is 12.5. The highest BCUT2D eigenvalue weighted by atomic mass is 19.1. The minimum Gasteiger partial charge on any atom is -0.423 e. The number of ether oxygens (including phenoxy) is 1. The minimum atomic E-state index is -0.402. The van der Waals surface area contributed by atoms with Gasteiger partial charge in [0.2, 0.25) is 0 Å². The quantitative estimate of drug-likeness (QED) is 0.861. The zero-order valence-electron chi connectivity index (χ0n) is 10.1. The maximum absolute atomic E-state index is 13.3. The molecule has 0 bridgehead atoms. The lowest BCUT2D eigenvalue weighted by molar-refractivity contribution is 0.412. The number of H-pyrrole nitrogens is 1. The Kier molecular flexibility index (Phi) is 2.88. The van der Waals surface area contributed by atoms with Crippen molar-refractivity contribution in [3.8, 4) is 11.8 Å². The maximum Gasteiger partial charge on any atom is 0.299 e. The van der Waals surface area contributed by atoms with Gasteiger partial charge in [0.25, 0.3) is 6.01 Å². The summed E-state index contributed by atoms with van der Waals surface area (Å²) in [5.41, 5.74) is 0.816. The Labute approximate surface area is 99.7 Å². The molecular formula is C13H15FN2O. The van der Waals surface area contributed by atoms with Crippen molar-refractivity contribution < 1.29 is 9.13 Å². The summed E-state index contributed by atoms with van der Waals surface area (Å²) in [6, 6.07) is 6.55. The topological polar surface area (TPSA) is 37.9 Å². The molecule has 0 saturated heterocycles. The van der Waals surface area contributed by atoms with Gasteiger partial charge in [-0.1, -0.05) is 32.9 Å². The van der Waals surface area contributed by atoms with Crippen LogP contribution >= 0.6 is 0 Å². The Hall–Kier alpha value is -1.84. The number of halogens is 1. The highest BCUT2D eigenvalue weighted by Gasteiger charge is 2.18. The fraction of sp³-hybridized carbons (Fsp3) is 0.308. The summed E-state index contributed by atoms with van der Waals surface area (Å²) in [4.78, 5) is 7.16. The third-order valence-corrected chi connectivity index (χ3v) is 2.37. The Bertz CT molecular complexity index is 514. The smallest absolute Gasteiger partial charge is 0.299 e. The van der Waals surface area contributed by atoms with Crippen LogP contribution in [0.5, 0.6) is 11.8 Å². The number of nitrogens with zero attached hydrogens (tertiary/aromatic N) is 1. The summed E-state index contributed by atoms with van der Waals surface area (Å²) >= 11 is 0. The van der Waals surface area contributed by atoms with E-state index in [0.717, 1.165) is 5.69 Å². The van der Waals surface area contributed by atoms with E-state index in [1.54, 1.807) is 24.4 Å². The number of hydrogen-bond donors (Lipinski definition) is 1. The minimum absolute atomic E-state index is 0.0622. The van der Waals surface area contributed by atoms with Crippen LogP contribution in [-0.2, 0) is 5.41 Å². The Morgan fingerprint density at radius 3 is 2.53 bits per heavy atom. The van der Waals surface area contributed by atoms with E-state index in [9.17, 15) is 4.39 Å². The predicted molar refractivity (Wildman–Crippen MR) is 63.8 cm³/mol. The Morgan fingerprint density at radius 2 is 1.94 bits per heavy atom. The van der Waals surface area contributed by atoms with E-state index >= 15 is 0 Å². The average Bonchev–Trinajstić information content (AvgIpc) is 2.69. The molecular weight excluding hydrogens is 219 g/mol. The second-order valence-electron chi connectivity index (χ2n) is 4.87. The summed E-state index contributed by atoms with van der Waals surface area (Å²) in [5.74, 6) is -0.233. The van der Waals surface area contributed by atoms with Crippen LogP contribution in [0.4, 0.5) is 4.39 Å². The van der Waals surface area contributed by atoms with Gasteiger partial charge in [0.1, 0.15) is 0 Å². The zero-order valence-corrected chi connectivity index (χ0v) is 10.1. The van der Waals surface area contributed by atoms with Gasteiger partial charge in [-0.3, -0.25) is 0 Å². The van der Waals surface area contributed by atoms with Crippen molar-refractivity contribution in [3.05, 3.63) is 42.0 Å². The molecule has 0 fully saturated rings. The van der Waals surface area contributed by atoms with E-state index in [1.807, 2.05) is 0 Å². The number of aromatic nitrogens is 2. The first-order valence-corrected chi connectivity index (χ1v) is 5.45. The first kappa shape index (κ1) is 11.6. The second-order valence-corrected chi connectivity index (χ2v) is 4.87. The van der Waals surface area contributed by atoms with Gasteiger partial charge in [0.15, 0.2) is 11.6 Å². The number of para-hydroxylation sites is 1. The molecule has 0 saturated carbocycles. The van der Waals surface area contributed by atoms with Crippen LogP contribution in [0, 0.1) is 5.82 Å². The summed E-state index contributed by atoms with van der Waals surface area (Å²) in [7, 11) is 0. The van der Waals surface area contributed by atoms with Crippen molar-refractivity contribution in [2.24, 2.45) is 0 Å². The van der Waals surface area contributed by atoms with E-state index in [4.69, 9.17) is 4.74 Å². The lowest BCUT2D eigenvalue weighted by atomic mass is 9.93. The second kappa shape index (κ2) is 4.20. The van der Waals surface area contributed by atoms with E-state index in [2.05, 4.69) is 30.7 Å². The summed E-state index contributed by atoms with van der Waals surface area (Å²) < 4.78 is 18.7. The molecule has 90 valence electrons. The van der Waals surface area contributed by atoms with Gasteiger partial charge < -0.3 is 9.72 Å². The Balaban J connectivity index is 2.21. The molecule has 0 aliphatic carbocycles. The number of imidazole rings is 1. The number of benzene rings is 1. The largest absolute Gasteiger partial charge is 0.423 e. The van der Waals surface area contributed by atoms with Crippen molar-refractivity contribution >= 4 is 0 Å². The monoisotopic (exact) mass is 234 g/mol. The fourth-order valence-electron chi connectivity index (χ4n) is 1.37. The molecule has 0 unspecified atom stereocenters. The van der Waals surface area contributed by atoms with Crippen LogP contribution in [0.15, 0.2) is 30.5 Å². The van der Waals surface area contributed by atoms with Gasteiger partial charge in [-0.25, -0.2) is 4.39 Å². The van der Waals surface area contributed by atoms with Crippen molar-refractivity contribution in [3.63, 3.8) is 0 Å². The maximum atomic E-state index is 13.3. The van der Waals surface area contributed by atoms with Crippen molar-refractivity contribution in [2.75, 3.05) is 0 Å². The molecule has 1 N–H and O–H groups in total. The number of rotatable bonds is 2.